The molecule has 1 N–H and O–H groups in total. The number of rotatable bonds is 7. The van der Waals surface area contributed by atoms with E-state index in [1.807, 2.05) is 37.2 Å². The molecule has 0 aromatic heterocycles. The predicted octanol–water partition coefficient (Wildman–Crippen LogP) is 1.82. The highest BCUT2D eigenvalue weighted by atomic mass is 35.5. The summed E-state index contributed by atoms with van der Waals surface area (Å²) in [4.78, 5) is 13.6. The molecule has 0 heterocycles. The van der Waals surface area contributed by atoms with E-state index in [9.17, 15) is 4.79 Å². The number of hydrogen-bond donors (Lipinski definition) is 1. The number of carbonyl (C=O) groups excluding carboxylic acids is 1. The van der Waals surface area contributed by atoms with Gasteiger partial charge in [-0.25, -0.2) is 0 Å². The number of benzene rings is 1. The van der Waals surface area contributed by atoms with Crippen molar-refractivity contribution in [3.05, 3.63) is 29.8 Å². The molecule has 0 aliphatic heterocycles. The number of amides is 1. The molecule has 0 atom stereocenters. The van der Waals surface area contributed by atoms with Gasteiger partial charge in [-0.15, -0.1) is 12.4 Å². The SMILES string of the molecule is COc1ccc(C=CC(=O)NCCN(C)C)cc1OC.Cl. The molecule has 118 valence electrons. The number of likely N-dealkylation sites (N-methyl/N-ethyl adjacent to an activating group) is 1. The summed E-state index contributed by atoms with van der Waals surface area (Å²) < 4.78 is 10.4. The molecule has 1 rings (SSSR count). The molecule has 0 radical (unpaired) electrons. The maximum Gasteiger partial charge on any atom is 0.244 e. The summed E-state index contributed by atoms with van der Waals surface area (Å²) in [5.41, 5.74) is 0.880. The van der Waals surface area contributed by atoms with Crippen LogP contribution in [0.25, 0.3) is 6.08 Å². The second kappa shape index (κ2) is 10.1. The van der Waals surface area contributed by atoms with E-state index in [1.165, 1.54) is 6.08 Å². The Morgan fingerprint density at radius 2 is 1.90 bits per heavy atom. The van der Waals surface area contributed by atoms with E-state index in [-0.39, 0.29) is 18.3 Å². The molecule has 0 spiro atoms. The van der Waals surface area contributed by atoms with Crippen molar-refractivity contribution in [2.75, 3.05) is 41.4 Å². The molecule has 6 heteroatoms. The van der Waals surface area contributed by atoms with Crippen LogP contribution in [0.15, 0.2) is 24.3 Å². The molecule has 0 aliphatic rings. The van der Waals surface area contributed by atoms with Crippen LogP contribution in [0.2, 0.25) is 0 Å². The first kappa shape index (κ1) is 19.3. The highest BCUT2D eigenvalue weighted by molar-refractivity contribution is 5.91. The lowest BCUT2D eigenvalue weighted by atomic mass is 10.2. The van der Waals surface area contributed by atoms with Crippen molar-refractivity contribution < 1.29 is 14.3 Å². The second-order valence-electron chi connectivity index (χ2n) is 4.54. The van der Waals surface area contributed by atoms with Gasteiger partial charge in [-0.05, 0) is 37.9 Å². The Labute approximate surface area is 132 Å². The molecule has 0 saturated carbocycles. The van der Waals surface area contributed by atoms with Gasteiger partial charge in [0.2, 0.25) is 5.91 Å². The Kier molecular flexibility index (Phi) is 9.25. The third kappa shape index (κ3) is 7.02. The van der Waals surface area contributed by atoms with Gasteiger partial charge in [0.05, 0.1) is 14.2 Å². The molecule has 1 amide bonds. The fourth-order valence-electron chi connectivity index (χ4n) is 1.59. The minimum atomic E-state index is -0.110. The molecule has 0 fully saturated rings. The molecule has 21 heavy (non-hydrogen) atoms. The van der Waals surface area contributed by atoms with Gasteiger partial charge in [0.15, 0.2) is 11.5 Å². The number of methoxy groups -OCH3 is 2. The first-order valence-corrected chi connectivity index (χ1v) is 6.39. The topological polar surface area (TPSA) is 50.8 Å². The smallest absolute Gasteiger partial charge is 0.244 e. The van der Waals surface area contributed by atoms with Crippen LogP contribution in [0.3, 0.4) is 0 Å². The van der Waals surface area contributed by atoms with Gasteiger partial charge in [0.25, 0.3) is 0 Å². The minimum Gasteiger partial charge on any atom is -0.493 e. The first-order valence-electron chi connectivity index (χ1n) is 6.39. The molecular weight excluding hydrogens is 292 g/mol. The number of hydrogen-bond acceptors (Lipinski definition) is 4. The molecule has 5 nitrogen and oxygen atoms in total. The van der Waals surface area contributed by atoms with E-state index in [2.05, 4.69) is 5.32 Å². The monoisotopic (exact) mass is 314 g/mol. The van der Waals surface area contributed by atoms with Gasteiger partial charge in [0, 0.05) is 19.2 Å². The Hall–Kier alpha value is -1.72. The largest absolute Gasteiger partial charge is 0.493 e. The van der Waals surface area contributed by atoms with Crippen LogP contribution in [0, 0.1) is 0 Å². The summed E-state index contributed by atoms with van der Waals surface area (Å²) in [5, 5.41) is 2.81. The number of nitrogens with zero attached hydrogens (tertiary/aromatic N) is 1. The number of nitrogens with one attached hydrogen (secondary N) is 1. The van der Waals surface area contributed by atoms with E-state index < -0.39 is 0 Å². The van der Waals surface area contributed by atoms with Crippen molar-refractivity contribution in [2.24, 2.45) is 0 Å². The minimum absolute atomic E-state index is 0. The molecule has 0 saturated heterocycles. The van der Waals surface area contributed by atoms with Crippen LogP contribution in [0.4, 0.5) is 0 Å². The normalized spacial score (nSPS) is 10.3. The standard InChI is InChI=1S/C15H22N2O3.ClH/c1-17(2)10-9-16-15(18)8-6-12-5-7-13(19-3)14(11-12)20-4;/h5-8,11H,9-10H2,1-4H3,(H,16,18);1H. The second-order valence-corrected chi connectivity index (χ2v) is 4.54. The van der Waals surface area contributed by atoms with Crippen LogP contribution < -0.4 is 14.8 Å². The van der Waals surface area contributed by atoms with E-state index >= 15 is 0 Å². The van der Waals surface area contributed by atoms with Gasteiger partial charge in [-0.3, -0.25) is 4.79 Å². The lowest BCUT2D eigenvalue weighted by molar-refractivity contribution is -0.116. The maximum atomic E-state index is 11.6. The fourth-order valence-corrected chi connectivity index (χ4v) is 1.59. The van der Waals surface area contributed by atoms with Gasteiger partial charge in [0.1, 0.15) is 0 Å². The third-order valence-corrected chi connectivity index (χ3v) is 2.69. The Morgan fingerprint density at radius 1 is 1.24 bits per heavy atom. The Bertz CT molecular complexity index is 476. The number of carbonyl (C=O) groups is 1. The lowest BCUT2D eigenvalue weighted by Gasteiger charge is -2.09. The number of ether oxygens (including phenoxy) is 2. The van der Waals surface area contributed by atoms with Crippen molar-refractivity contribution in [1.82, 2.24) is 10.2 Å². The van der Waals surface area contributed by atoms with Gasteiger partial charge in [-0.2, -0.15) is 0 Å². The van der Waals surface area contributed by atoms with Crippen LogP contribution in [-0.4, -0.2) is 52.2 Å². The zero-order valence-corrected chi connectivity index (χ0v) is 13.7. The molecule has 1 aromatic carbocycles. The average molecular weight is 315 g/mol. The van der Waals surface area contributed by atoms with Crippen LogP contribution >= 0.6 is 12.4 Å². The molecule has 0 unspecified atom stereocenters. The van der Waals surface area contributed by atoms with Crippen LogP contribution in [-0.2, 0) is 4.79 Å². The average Bonchev–Trinajstić information content (AvgIpc) is 2.44. The lowest BCUT2D eigenvalue weighted by Crippen LogP contribution is -2.30. The summed E-state index contributed by atoms with van der Waals surface area (Å²) in [7, 11) is 7.10. The first-order chi connectivity index (χ1) is 9.56. The van der Waals surface area contributed by atoms with E-state index in [4.69, 9.17) is 9.47 Å². The zero-order chi connectivity index (χ0) is 15.0. The van der Waals surface area contributed by atoms with Crippen molar-refractivity contribution >= 4 is 24.4 Å². The van der Waals surface area contributed by atoms with E-state index in [0.29, 0.717) is 18.0 Å². The van der Waals surface area contributed by atoms with Crippen LogP contribution in [0.5, 0.6) is 11.5 Å². The quantitative estimate of drug-likeness (QED) is 0.780. The summed E-state index contributed by atoms with van der Waals surface area (Å²) in [5.74, 6) is 1.20. The van der Waals surface area contributed by atoms with Crippen molar-refractivity contribution in [3.8, 4) is 11.5 Å². The summed E-state index contributed by atoms with van der Waals surface area (Å²) in [6.07, 6.45) is 3.25. The predicted molar refractivity (Wildman–Crippen MR) is 87.4 cm³/mol. The molecule has 0 bridgehead atoms. The number of halogens is 1. The van der Waals surface area contributed by atoms with Gasteiger partial charge in [-0.1, -0.05) is 6.07 Å². The summed E-state index contributed by atoms with van der Waals surface area (Å²) >= 11 is 0. The zero-order valence-electron chi connectivity index (χ0n) is 12.9. The van der Waals surface area contributed by atoms with E-state index in [1.54, 1.807) is 20.3 Å². The summed E-state index contributed by atoms with van der Waals surface area (Å²) in [6.45, 7) is 1.44. The highest BCUT2D eigenvalue weighted by Crippen LogP contribution is 2.27. The third-order valence-electron chi connectivity index (χ3n) is 2.69. The van der Waals surface area contributed by atoms with E-state index in [0.717, 1.165) is 12.1 Å². The Balaban J connectivity index is 0.00000400. The van der Waals surface area contributed by atoms with Crippen molar-refractivity contribution in [1.29, 1.82) is 0 Å². The molecule has 1 aromatic rings. The molecular formula is C15H23ClN2O3. The fraction of sp³-hybridized carbons (Fsp3) is 0.400. The van der Waals surface area contributed by atoms with Gasteiger partial charge >= 0.3 is 0 Å². The van der Waals surface area contributed by atoms with Crippen molar-refractivity contribution in [3.63, 3.8) is 0 Å². The van der Waals surface area contributed by atoms with Gasteiger partial charge < -0.3 is 19.7 Å². The molecule has 0 aliphatic carbocycles. The Morgan fingerprint density at radius 3 is 2.48 bits per heavy atom. The van der Waals surface area contributed by atoms with Crippen LogP contribution in [0.1, 0.15) is 5.56 Å². The highest BCUT2D eigenvalue weighted by Gasteiger charge is 2.03. The van der Waals surface area contributed by atoms with Crippen molar-refractivity contribution in [2.45, 2.75) is 0 Å². The maximum absolute atomic E-state index is 11.6. The summed E-state index contributed by atoms with van der Waals surface area (Å²) in [6, 6.07) is 5.50.